The summed E-state index contributed by atoms with van der Waals surface area (Å²) in [5, 5.41) is 0. The Kier molecular flexibility index (Phi) is 1.99. The number of fused-ring (bicyclic) bond motifs is 1. The van der Waals surface area contributed by atoms with E-state index < -0.39 is 0 Å². The van der Waals surface area contributed by atoms with Gasteiger partial charge in [0.15, 0.2) is 5.65 Å². The highest BCUT2D eigenvalue weighted by atomic mass is 32.1. The Hall–Kier alpha value is -1.03. The lowest BCUT2D eigenvalue weighted by Crippen LogP contribution is -1.97. The summed E-state index contributed by atoms with van der Waals surface area (Å²) in [5.41, 5.74) is 1.85. The molecule has 61 valence electrons. The summed E-state index contributed by atoms with van der Waals surface area (Å²) in [5.74, 6) is 0.696. The molecule has 0 aliphatic heterocycles. The number of rotatable bonds is 2. The van der Waals surface area contributed by atoms with Gasteiger partial charge in [0.1, 0.15) is 5.52 Å². The summed E-state index contributed by atoms with van der Waals surface area (Å²) >= 11 is 4.89. The summed E-state index contributed by atoms with van der Waals surface area (Å²) < 4.78 is 1.97. The van der Waals surface area contributed by atoms with Crippen molar-refractivity contribution in [1.29, 1.82) is 0 Å². The van der Waals surface area contributed by atoms with Gasteiger partial charge in [-0.25, -0.2) is 9.97 Å². The largest absolute Gasteiger partial charge is 0.314 e. The molecule has 2 rings (SSSR count). The number of imidazole rings is 1. The Labute approximate surface area is 75.9 Å². The molecule has 0 amide bonds. The predicted octanol–water partition coefficient (Wildman–Crippen LogP) is 1.63. The Balaban J connectivity index is 2.55. The zero-order valence-corrected chi connectivity index (χ0v) is 7.29. The van der Waals surface area contributed by atoms with Gasteiger partial charge in [0, 0.05) is 18.5 Å². The summed E-state index contributed by atoms with van der Waals surface area (Å²) in [6.45, 7) is 0.808. The van der Waals surface area contributed by atoms with Crippen LogP contribution in [0, 0.1) is 0 Å². The maximum atomic E-state index is 4.89. The van der Waals surface area contributed by atoms with Crippen molar-refractivity contribution in [3.63, 3.8) is 0 Å². The fourth-order valence-corrected chi connectivity index (χ4v) is 1.36. The molecule has 2 aromatic rings. The van der Waals surface area contributed by atoms with Crippen molar-refractivity contribution >= 4 is 23.8 Å². The molecule has 0 unspecified atom stereocenters. The summed E-state index contributed by atoms with van der Waals surface area (Å²) in [4.78, 5) is 8.41. The molecule has 0 aliphatic rings. The van der Waals surface area contributed by atoms with E-state index in [-0.39, 0.29) is 0 Å². The molecule has 2 heterocycles. The van der Waals surface area contributed by atoms with Crippen LogP contribution in [0.25, 0.3) is 11.2 Å². The molecule has 0 aliphatic carbocycles. The van der Waals surface area contributed by atoms with Crippen molar-refractivity contribution in [3.8, 4) is 0 Å². The lowest BCUT2D eigenvalue weighted by molar-refractivity contribution is 0.789. The molecule has 4 heteroatoms. The molecule has 0 aromatic carbocycles. The van der Waals surface area contributed by atoms with Gasteiger partial charge in [-0.2, -0.15) is 0 Å². The lowest BCUT2D eigenvalue weighted by atomic mass is 10.4. The van der Waals surface area contributed by atoms with Crippen LogP contribution in [-0.4, -0.2) is 20.3 Å². The van der Waals surface area contributed by atoms with Crippen LogP contribution in [0.1, 0.15) is 0 Å². The second-order valence-corrected chi connectivity index (χ2v) is 2.90. The van der Waals surface area contributed by atoms with Crippen molar-refractivity contribution in [2.45, 2.75) is 6.54 Å². The summed E-state index contributed by atoms with van der Waals surface area (Å²) in [6, 6.07) is 3.83. The minimum atomic E-state index is 0.696. The minimum absolute atomic E-state index is 0.696. The number of aromatic nitrogens is 3. The molecule has 3 nitrogen and oxygen atoms in total. The van der Waals surface area contributed by atoms with E-state index in [9.17, 15) is 0 Å². The van der Waals surface area contributed by atoms with E-state index in [1.54, 1.807) is 12.5 Å². The van der Waals surface area contributed by atoms with Gasteiger partial charge in [0.2, 0.25) is 0 Å². The maximum absolute atomic E-state index is 4.89. The standard InChI is InChI=1S/C8H8N3S/c12-5-4-11-6-10-7-2-1-3-9-8(7)11/h1-3,6H,4-5H2. The smallest absolute Gasteiger partial charge is 0.159 e. The number of aryl methyl sites for hydroxylation is 1. The highest BCUT2D eigenvalue weighted by Crippen LogP contribution is 2.07. The monoisotopic (exact) mass is 178 g/mol. The Morgan fingerprint density at radius 1 is 1.42 bits per heavy atom. The van der Waals surface area contributed by atoms with Gasteiger partial charge in [0.05, 0.1) is 6.33 Å². The van der Waals surface area contributed by atoms with Crippen LogP contribution in [0.3, 0.4) is 0 Å². The second-order valence-electron chi connectivity index (χ2n) is 2.49. The van der Waals surface area contributed by atoms with Crippen LogP contribution >= 0.6 is 12.6 Å². The number of hydrogen-bond donors (Lipinski definition) is 0. The van der Waals surface area contributed by atoms with Crippen molar-refractivity contribution in [1.82, 2.24) is 14.5 Å². The molecule has 12 heavy (non-hydrogen) atoms. The molecule has 0 N–H and O–H groups in total. The third kappa shape index (κ3) is 1.18. The van der Waals surface area contributed by atoms with Gasteiger partial charge < -0.3 is 4.57 Å². The van der Waals surface area contributed by atoms with Gasteiger partial charge in [-0.3, -0.25) is 0 Å². The van der Waals surface area contributed by atoms with Crippen LogP contribution in [0.4, 0.5) is 0 Å². The van der Waals surface area contributed by atoms with Crippen LogP contribution in [0.5, 0.6) is 0 Å². The molecule has 2 aromatic heterocycles. The van der Waals surface area contributed by atoms with E-state index >= 15 is 0 Å². The summed E-state index contributed by atoms with van der Waals surface area (Å²) in [6.07, 6.45) is 3.55. The fourth-order valence-electron chi connectivity index (χ4n) is 1.16. The molecular weight excluding hydrogens is 170 g/mol. The third-order valence-electron chi connectivity index (χ3n) is 1.71. The molecule has 0 saturated heterocycles. The first-order chi connectivity index (χ1) is 5.92. The summed E-state index contributed by atoms with van der Waals surface area (Å²) in [7, 11) is 0. The van der Waals surface area contributed by atoms with Gasteiger partial charge in [-0.05, 0) is 12.1 Å². The Morgan fingerprint density at radius 3 is 3.17 bits per heavy atom. The van der Waals surface area contributed by atoms with Crippen molar-refractivity contribution < 1.29 is 0 Å². The quantitative estimate of drug-likeness (QED) is 0.699. The van der Waals surface area contributed by atoms with E-state index in [2.05, 4.69) is 9.97 Å². The molecule has 0 atom stereocenters. The van der Waals surface area contributed by atoms with Crippen LogP contribution in [0.15, 0.2) is 24.7 Å². The number of hydrogen-bond acceptors (Lipinski definition) is 2. The molecule has 0 spiro atoms. The average molecular weight is 178 g/mol. The normalized spacial score (nSPS) is 10.8. The van der Waals surface area contributed by atoms with E-state index in [1.807, 2.05) is 16.7 Å². The van der Waals surface area contributed by atoms with Crippen molar-refractivity contribution in [2.24, 2.45) is 0 Å². The Bertz CT molecular complexity index is 382. The maximum Gasteiger partial charge on any atom is 0.159 e. The lowest BCUT2D eigenvalue weighted by Gasteiger charge is -1.97. The van der Waals surface area contributed by atoms with E-state index in [0.717, 1.165) is 17.7 Å². The van der Waals surface area contributed by atoms with Crippen LogP contribution in [-0.2, 0) is 6.54 Å². The minimum Gasteiger partial charge on any atom is -0.314 e. The van der Waals surface area contributed by atoms with E-state index in [1.165, 1.54) is 0 Å². The van der Waals surface area contributed by atoms with Gasteiger partial charge in [-0.15, -0.1) is 0 Å². The zero-order valence-electron chi connectivity index (χ0n) is 6.47. The van der Waals surface area contributed by atoms with E-state index in [4.69, 9.17) is 12.6 Å². The third-order valence-corrected chi connectivity index (χ3v) is 1.89. The zero-order chi connectivity index (χ0) is 8.39. The first-order valence-corrected chi connectivity index (χ1v) is 4.33. The van der Waals surface area contributed by atoms with Crippen LogP contribution in [0.2, 0.25) is 0 Å². The highest BCUT2D eigenvalue weighted by Gasteiger charge is 2.00. The predicted molar refractivity (Wildman–Crippen MR) is 50.0 cm³/mol. The Morgan fingerprint density at radius 2 is 2.33 bits per heavy atom. The number of pyridine rings is 1. The first kappa shape index (κ1) is 7.61. The van der Waals surface area contributed by atoms with Crippen molar-refractivity contribution in [2.75, 3.05) is 5.75 Å². The second kappa shape index (κ2) is 3.15. The van der Waals surface area contributed by atoms with Crippen LogP contribution < -0.4 is 0 Å². The fraction of sp³-hybridized carbons (Fsp3) is 0.250. The highest BCUT2D eigenvalue weighted by molar-refractivity contribution is 7.80. The van der Waals surface area contributed by atoms with Gasteiger partial charge in [0.25, 0.3) is 0 Å². The molecule has 0 saturated carbocycles. The molecular formula is C8H8N3S. The average Bonchev–Trinajstić information content (AvgIpc) is 2.50. The molecule has 1 radical (unpaired) electrons. The molecule has 0 fully saturated rings. The van der Waals surface area contributed by atoms with Gasteiger partial charge in [-0.1, -0.05) is 12.6 Å². The SMILES string of the molecule is [S]CCn1cnc2cccnc21. The molecule has 0 bridgehead atoms. The first-order valence-electron chi connectivity index (χ1n) is 3.76. The van der Waals surface area contributed by atoms with E-state index in [0.29, 0.717) is 5.75 Å². The number of nitrogens with zero attached hydrogens (tertiary/aromatic N) is 3. The van der Waals surface area contributed by atoms with Gasteiger partial charge >= 0.3 is 0 Å². The van der Waals surface area contributed by atoms with Crippen molar-refractivity contribution in [3.05, 3.63) is 24.7 Å². The topological polar surface area (TPSA) is 30.7 Å².